The molecular weight excluding hydrogens is 424 g/mol. The Labute approximate surface area is 205 Å². The fourth-order valence-corrected chi connectivity index (χ4v) is 9.40. The van der Waals surface area contributed by atoms with Crippen LogP contribution in [0, 0.1) is 46.3 Å². The third-order valence-corrected chi connectivity index (χ3v) is 11.2. The van der Waals surface area contributed by atoms with Crippen molar-refractivity contribution in [3.05, 3.63) is 24.5 Å². The van der Waals surface area contributed by atoms with Gasteiger partial charge in [0.15, 0.2) is 0 Å². The van der Waals surface area contributed by atoms with Crippen molar-refractivity contribution in [2.24, 2.45) is 46.3 Å². The van der Waals surface area contributed by atoms with Gasteiger partial charge in [0.1, 0.15) is 0 Å². The second-order valence-corrected chi connectivity index (χ2v) is 12.8. The van der Waals surface area contributed by atoms with Gasteiger partial charge < -0.3 is 15.5 Å². The van der Waals surface area contributed by atoms with Crippen LogP contribution in [0.4, 0.5) is 5.69 Å². The Hall–Kier alpha value is -1.46. The number of hydrogen-bond donors (Lipinski definition) is 3. The number of pyridine rings is 1. The van der Waals surface area contributed by atoms with E-state index in [1.165, 1.54) is 25.7 Å². The van der Waals surface area contributed by atoms with Crippen LogP contribution in [0.2, 0.25) is 0 Å². The molecule has 10 atom stereocenters. The van der Waals surface area contributed by atoms with Crippen molar-refractivity contribution in [1.82, 2.24) is 4.98 Å². The van der Waals surface area contributed by atoms with E-state index in [-0.39, 0.29) is 28.9 Å². The van der Waals surface area contributed by atoms with E-state index in [0.29, 0.717) is 41.9 Å². The second-order valence-electron chi connectivity index (χ2n) is 12.8. The highest BCUT2D eigenvalue weighted by molar-refractivity contribution is 5.90. The minimum atomic E-state index is -0.225. The lowest BCUT2D eigenvalue weighted by atomic mass is 9.43. The summed E-state index contributed by atoms with van der Waals surface area (Å²) in [6.45, 7) is 7.33. The van der Waals surface area contributed by atoms with Gasteiger partial charge in [0.25, 0.3) is 0 Å². The molecule has 0 aromatic carbocycles. The molecule has 4 aliphatic rings. The Kier molecular flexibility index (Phi) is 6.56. The zero-order valence-corrected chi connectivity index (χ0v) is 21.2. The molecule has 4 saturated carbocycles. The van der Waals surface area contributed by atoms with Crippen molar-refractivity contribution < 1.29 is 15.0 Å². The van der Waals surface area contributed by atoms with Crippen LogP contribution in [0.1, 0.15) is 85.0 Å². The SMILES string of the molecule is C[C@H](CCC(=O)Nc1cccnc1)C1CCC2C3C(CC[C@@]21C)[C@@]1(C)CC[C@@H](O)CC1C[C@@H]3O. The lowest BCUT2D eigenvalue weighted by molar-refractivity contribution is -0.174. The third-order valence-electron chi connectivity index (χ3n) is 11.2. The zero-order chi connectivity index (χ0) is 24.1. The fraction of sp³-hybridized carbons (Fsp3) is 0.793. The van der Waals surface area contributed by atoms with Crippen LogP contribution >= 0.6 is 0 Å². The van der Waals surface area contributed by atoms with Gasteiger partial charge in [0.2, 0.25) is 5.91 Å². The topological polar surface area (TPSA) is 82.5 Å². The number of carbonyl (C=O) groups is 1. The number of nitrogens with zero attached hydrogens (tertiary/aromatic N) is 1. The smallest absolute Gasteiger partial charge is 0.224 e. The average Bonchev–Trinajstić information content (AvgIpc) is 3.16. The van der Waals surface area contributed by atoms with Gasteiger partial charge in [-0.1, -0.05) is 20.8 Å². The molecule has 34 heavy (non-hydrogen) atoms. The molecule has 188 valence electrons. The van der Waals surface area contributed by atoms with Crippen LogP contribution < -0.4 is 5.32 Å². The van der Waals surface area contributed by atoms with Gasteiger partial charge >= 0.3 is 0 Å². The number of fused-ring (bicyclic) bond motifs is 5. The summed E-state index contributed by atoms with van der Waals surface area (Å²) in [6.07, 6.45) is 13.1. The summed E-state index contributed by atoms with van der Waals surface area (Å²) in [4.78, 5) is 16.6. The first-order valence-corrected chi connectivity index (χ1v) is 13.8. The molecule has 0 aliphatic heterocycles. The molecule has 0 saturated heterocycles. The molecule has 0 spiro atoms. The number of carbonyl (C=O) groups excluding carboxylic acids is 1. The predicted octanol–water partition coefficient (Wildman–Crippen LogP) is 5.43. The maximum atomic E-state index is 12.5. The molecule has 5 nitrogen and oxygen atoms in total. The Morgan fingerprint density at radius 2 is 1.88 bits per heavy atom. The van der Waals surface area contributed by atoms with E-state index in [2.05, 4.69) is 31.1 Å². The summed E-state index contributed by atoms with van der Waals surface area (Å²) in [5, 5.41) is 24.7. The number of aliphatic hydroxyl groups excluding tert-OH is 2. The molecule has 1 aromatic rings. The molecule has 0 bridgehead atoms. The van der Waals surface area contributed by atoms with Crippen molar-refractivity contribution >= 4 is 11.6 Å². The largest absolute Gasteiger partial charge is 0.393 e. The van der Waals surface area contributed by atoms with Crippen LogP contribution in [-0.4, -0.2) is 33.3 Å². The number of anilines is 1. The van der Waals surface area contributed by atoms with Gasteiger partial charge in [-0.15, -0.1) is 0 Å². The fourth-order valence-electron chi connectivity index (χ4n) is 9.40. The molecule has 5 heteroatoms. The number of aliphatic hydroxyl groups is 2. The van der Waals surface area contributed by atoms with Crippen LogP contribution in [0.5, 0.6) is 0 Å². The van der Waals surface area contributed by atoms with E-state index in [1.807, 2.05) is 12.1 Å². The van der Waals surface area contributed by atoms with Crippen molar-refractivity contribution in [2.45, 2.75) is 97.2 Å². The predicted molar refractivity (Wildman–Crippen MR) is 134 cm³/mol. The van der Waals surface area contributed by atoms with Crippen LogP contribution in [0.25, 0.3) is 0 Å². The summed E-state index contributed by atoms with van der Waals surface area (Å²) in [7, 11) is 0. The first kappa shape index (κ1) is 24.2. The van der Waals surface area contributed by atoms with E-state index in [4.69, 9.17) is 0 Å². The van der Waals surface area contributed by atoms with Gasteiger partial charge in [-0.3, -0.25) is 9.78 Å². The number of rotatable bonds is 5. The first-order chi connectivity index (χ1) is 16.2. The summed E-state index contributed by atoms with van der Waals surface area (Å²) in [5.74, 6) is 3.24. The normalized spacial score (nSPS) is 44.4. The van der Waals surface area contributed by atoms with Crippen molar-refractivity contribution in [3.63, 3.8) is 0 Å². The van der Waals surface area contributed by atoms with Gasteiger partial charge in [-0.2, -0.15) is 0 Å². The summed E-state index contributed by atoms with van der Waals surface area (Å²) < 4.78 is 0. The Morgan fingerprint density at radius 3 is 2.65 bits per heavy atom. The van der Waals surface area contributed by atoms with Crippen LogP contribution in [0.3, 0.4) is 0 Å². The summed E-state index contributed by atoms with van der Waals surface area (Å²) >= 11 is 0. The Balaban J connectivity index is 1.25. The molecule has 5 unspecified atom stereocenters. The minimum absolute atomic E-state index is 0.0735. The molecular formula is C29H44N2O3. The summed E-state index contributed by atoms with van der Waals surface area (Å²) in [6, 6.07) is 3.72. The Bertz CT molecular complexity index is 877. The van der Waals surface area contributed by atoms with Crippen LogP contribution in [0.15, 0.2) is 24.5 Å². The maximum Gasteiger partial charge on any atom is 0.224 e. The van der Waals surface area contributed by atoms with Crippen LogP contribution in [-0.2, 0) is 4.79 Å². The van der Waals surface area contributed by atoms with Gasteiger partial charge in [-0.25, -0.2) is 0 Å². The number of hydrogen-bond acceptors (Lipinski definition) is 4. The molecule has 3 N–H and O–H groups in total. The highest BCUT2D eigenvalue weighted by Crippen LogP contribution is 2.68. The van der Waals surface area contributed by atoms with E-state index in [0.717, 1.165) is 37.8 Å². The number of nitrogens with one attached hydrogen (secondary N) is 1. The van der Waals surface area contributed by atoms with Crippen molar-refractivity contribution in [3.8, 4) is 0 Å². The third kappa shape index (κ3) is 4.11. The quantitative estimate of drug-likeness (QED) is 0.538. The molecule has 1 aromatic heterocycles. The second kappa shape index (κ2) is 9.20. The minimum Gasteiger partial charge on any atom is -0.393 e. The average molecular weight is 469 g/mol. The molecule has 4 aliphatic carbocycles. The number of amides is 1. The highest BCUT2D eigenvalue weighted by atomic mass is 16.3. The van der Waals surface area contributed by atoms with Gasteiger partial charge in [-0.05, 0) is 116 Å². The molecule has 1 amide bonds. The highest BCUT2D eigenvalue weighted by Gasteiger charge is 2.62. The molecule has 1 heterocycles. The number of aromatic nitrogens is 1. The zero-order valence-electron chi connectivity index (χ0n) is 21.2. The van der Waals surface area contributed by atoms with Crippen molar-refractivity contribution in [2.75, 3.05) is 5.32 Å². The molecule has 5 rings (SSSR count). The molecule has 4 fully saturated rings. The Morgan fingerprint density at radius 1 is 1.12 bits per heavy atom. The first-order valence-electron chi connectivity index (χ1n) is 13.8. The van der Waals surface area contributed by atoms with E-state index in [1.54, 1.807) is 12.4 Å². The van der Waals surface area contributed by atoms with E-state index in [9.17, 15) is 15.0 Å². The lowest BCUT2D eigenvalue weighted by Crippen LogP contribution is -2.58. The summed E-state index contributed by atoms with van der Waals surface area (Å²) in [5.41, 5.74) is 1.30. The van der Waals surface area contributed by atoms with E-state index < -0.39 is 0 Å². The standard InChI is InChI=1S/C29H44N2O3/c1-18(6-9-26(34)31-20-5-4-14-30-17-20)22-7-8-23-27-24(11-13-29(22,23)3)28(2)12-10-21(32)15-19(28)16-25(27)33/h4-5,14,17-19,21-25,27,32-33H,6-13,15-16H2,1-3H3,(H,31,34)/t18-,19?,21-,22?,23?,24?,25+,27?,28+,29-/m1/s1. The van der Waals surface area contributed by atoms with E-state index >= 15 is 0 Å². The van der Waals surface area contributed by atoms with Gasteiger partial charge in [0.05, 0.1) is 24.1 Å². The monoisotopic (exact) mass is 468 g/mol. The van der Waals surface area contributed by atoms with Crippen molar-refractivity contribution in [1.29, 1.82) is 0 Å². The maximum absolute atomic E-state index is 12.5. The molecule has 0 radical (unpaired) electrons. The lowest BCUT2D eigenvalue weighted by Gasteiger charge is -2.62. The van der Waals surface area contributed by atoms with Gasteiger partial charge in [0, 0.05) is 12.6 Å².